The average molecular weight is 312 g/mol. The summed E-state index contributed by atoms with van der Waals surface area (Å²) < 4.78 is 1.12. The van der Waals surface area contributed by atoms with E-state index >= 15 is 0 Å². The highest BCUT2D eigenvalue weighted by Gasteiger charge is 2.47. The molecule has 2 rings (SSSR count). The SMILES string of the molecule is CC(Cc1ccc(Br)cc1)NC1CC(O)C1(C)C. The molecular weight excluding hydrogens is 290 g/mol. The van der Waals surface area contributed by atoms with Gasteiger partial charge in [-0.15, -0.1) is 0 Å². The zero-order valence-corrected chi connectivity index (χ0v) is 12.9. The van der Waals surface area contributed by atoms with Crippen LogP contribution in [0.25, 0.3) is 0 Å². The van der Waals surface area contributed by atoms with Crippen molar-refractivity contribution in [1.82, 2.24) is 5.32 Å². The fourth-order valence-corrected chi connectivity index (χ4v) is 2.83. The van der Waals surface area contributed by atoms with Gasteiger partial charge in [0.05, 0.1) is 6.10 Å². The van der Waals surface area contributed by atoms with Crippen LogP contribution in [-0.2, 0) is 6.42 Å². The molecule has 2 N–H and O–H groups in total. The van der Waals surface area contributed by atoms with Crippen molar-refractivity contribution in [2.75, 3.05) is 0 Å². The smallest absolute Gasteiger partial charge is 0.0621 e. The summed E-state index contributed by atoms with van der Waals surface area (Å²) in [5.74, 6) is 0. The predicted octanol–water partition coefficient (Wildman–Crippen LogP) is 3.13. The molecule has 0 aliphatic heterocycles. The Labute approximate surface area is 118 Å². The van der Waals surface area contributed by atoms with Crippen molar-refractivity contribution in [1.29, 1.82) is 0 Å². The molecule has 0 saturated heterocycles. The van der Waals surface area contributed by atoms with Crippen LogP contribution in [-0.4, -0.2) is 23.3 Å². The molecule has 100 valence electrons. The molecule has 1 aliphatic carbocycles. The topological polar surface area (TPSA) is 32.3 Å². The number of nitrogens with one attached hydrogen (secondary N) is 1. The molecule has 0 radical (unpaired) electrons. The monoisotopic (exact) mass is 311 g/mol. The third-order valence-electron chi connectivity index (χ3n) is 4.16. The lowest BCUT2D eigenvalue weighted by atomic mass is 9.64. The van der Waals surface area contributed by atoms with Gasteiger partial charge >= 0.3 is 0 Å². The van der Waals surface area contributed by atoms with Crippen LogP contribution < -0.4 is 5.32 Å². The van der Waals surface area contributed by atoms with E-state index in [1.54, 1.807) is 0 Å². The standard InChI is InChI=1S/C15H22BrNO/c1-10(8-11-4-6-12(16)7-5-11)17-13-9-14(18)15(13,2)3/h4-7,10,13-14,17-18H,8-9H2,1-3H3. The minimum Gasteiger partial charge on any atom is -0.392 e. The van der Waals surface area contributed by atoms with E-state index in [0.717, 1.165) is 17.3 Å². The molecule has 18 heavy (non-hydrogen) atoms. The van der Waals surface area contributed by atoms with Crippen molar-refractivity contribution in [2.45, 2.75) is 51.8 Å². The van der Waals surface area contributed by atoms with E-state index in [1.807, 2.05) is 0 Å². The maximum atomic E-state index is 9.73. The van der Waals surface area contributed by atoms with E-state index in [-0.39, 0.29) is 11.5 Å². The number of halogens is 1. The van der Waals surface area contributed by atoms with Gasteiger partial charge in [0.25, 0.3) is 0 Å². The molecule has 1 fully saturated rings. The summed E-state index contributed by atoms with van der Waals surface area (Å²) in [4.78, 5) is 0. The quantitative estimate of drug-likeness (QED) is 0.895. The van der Waals surface area contributed by atoms with Gasteiger partial charge in [-0.05, 0) is 37.5 Å². The molecule has 3 unspecified atom stereocenters. The Morgan fingerprint density at radius 1 is 1.39 bits per heavy atom. The third kappa shape index (κ3) is 2.95. The molecule has 1 aromatic carbocycles. The second-order valence-corrected chi connectivity index (χ2v) is 6.94. The normalized spacial score (nSPS) is 27.6. The molecule has 1 aromatic rings. The highest BCUT2D eigenvalue weighted by Crippen LogP contribution is 2.40. The Morgan fingerprint density at radius 2 is 2.00 bits per heavy atom. The molecule has 1 aliphatic rings. The van der Waals surface area contributed by atoms with Crippen molar-refractivity contribution in [3.63, 3.8) is 0 Å². The first-order chi connectivity index (χ1) is 8.39. The molecule has 2 nitrogen and oxygen atoms in total. The number of aliphatic hydroxyl groups is 1. The zero-order chi connectivity index (χ0) is 13.3. The van der Waals surface area contributed by atoms with Crippen molar-refractivity contribution in [3.8, 4) is 0 Å². The fourth-order valence-electron chi connectivity index (χ4n) is 2.56. The Balaban J connectivity index is 1.86. The maximum absolute atomic E-state index is 9.73. The summed E-state index contributed by atoms with van der Waals surface area (Å²) in [5, 5.41) is 13.4. The molecule has 1 saturated carbocycles. The van der Waals surface area contributed by atoms with Crippen molar-refractivity contribution < 1.29 is 5.11 Å². The zero-order valence-electron chi connectivity index (χ0n) is 11.3. The highest BCUT2D eigenvalue weighted by molar-refractivity contribution is 9.10. The summed E-state index contributed by atoms with van der Waals surface area (Å²) in [6.07, 6.45) is 1.74. The molecule has 0 heterocycles. The minimum absolute atomic E-state index is 0.00791. The lowest BCUT2D eigenvalue weighted by Gasteiger charge is -2.50. The summed E-state index contributed by atoms with van der Waals surface area (Å²) in [6.45, 7) is 6.47. The Kier molecular flexibility index (Phi) is 4.15. The van der Waals surface area contributed by atoms with E-state index in [4.69, 9.17) is 0 Å². The first kappa shape index (κ1) is 14.0. The van der Waals surface area contributed by atoms with Crippen molar-refractivity contribution in [2.24, 2.45) is 5.41 Å². The van der Waals surface area contributed by atoms with Gasteiger partial charge in [0.1, 0.15) is 0 Å². The molecule has 0 bridgehead atoms. The van der Waals surface area contributed by atoms with Crippen molar-refractivity contribution in [3.05, 3.63) is 34.3 Å². The lowest BCUT2D eigenvalue weighted by molar-refractivity contribution is -0.0752. The van der Waals surface area contributed by atoms with Gasteiger partial charge in [-0.1, -0.05) is 41.9 Å². The van der Waals surface area contributed by atoms with Gasteiger partial charge in [-0.2, -0.15) is 0 Å². The van der Waals surface area contributed by atoms with E-state index in [2.05, 4.69) is 66.3 Å². The van der Waals surface area contributed by atoms with Crippen LogP contribution in [0.4, 0.5) is 0 Å². The Morgan fingerprint density at radius 3 is 2.50 bits per heavy atom. The second-order valence-electron chi connectivity index (χ2n) is 6.02. The maximum Gasteiger partial charge on any atom is 0.0621 e. The number of hydrogen-bond donors (Lipinski definition) is 2. The van der Waals surface area contributed by atoms with Crippen LogP contribution in [0.15, 0.2) is 28.7 Å². The second kappa shape index (κ2) is 5.32. The van der Waals surface area contributed by atoms with Gasteiger partial charge in [0, 0.05) is 22.0 Å². The van der Waals surface area contributed by atoms with E-state index < -0.39 is 0 Å². The van der Waals surface area contributed by atoms with Crippen LogP contribution in [0.2, 0.25) is 0 Å². The van der Waals surface area contributed by atoms with Crippen LogP contribution in [0.1, 0.15) is 32.8 Å². The third-order valence-corrected chi connectivity index (χ3v) is 4.69. The molecule has 0 aromatic heterocycles. The van der Waals surface area contributed by atoms with E-state index in [0.29, 0.717) is 12.1 Å². The van der Waals surface area contributed by atoms with Gasteiger partial charge in [-0.25, -0.2) is 0 Å². The first-order valence-electron chi connectivity index (χ1n) is 6.58. The number of hydrogen-bond acceptors (Lipinski definition) is 2. The number of aliphatic hydroxyl groups excluding tert-OH is 1. The summed E-state index contributed by atoms with van der Waals surface area (Å²) >= 11 is 3.45. The minimum atomic E-state index is -0.158. The van der Waals surface area contributed by atoms with Gasteiger partial charge in [-0.3, -0.25) is 0 Å². The Hall–Kier alpha value is -0.380. The fraction of sp³-hybridized carbons (Fsp3) is 0.600. The summed E-state index contributed by atoms with van der Waals surface area (Å²) in [6, 6.07) is 9.34. The average Bonchev–Trinajstić information content (AvgIpc) is 2.32. The first-order valence-corrected chi connectivity index (χ1v) is 7.37. The molecule has 0 amide bonds. The highest BCUT2D eigenvalue weighted by atomic mass is 79.9. The Bertz CT molecular complexity index is 401. The van der Waals surface area contributed by atoms with Crippen LogP contribution in [0, 0.1) is 5.41 Å². The molecule has 3 heteroatoms. The van der Waals surface area contributed by atoms with Gasteiger partial charge in [0.2, 0.25) is 0 Å². The predicted molar refractivity (Wildman–Crippen MR) is 78.6 cm³/mol. The molecule has 0 spiro atoms. The van der Waals surface area contributed by atoms with E-state index in [9.17, 15) is 5.11 Å². The summed E-state index contributed by atoms with van der Waals surface area (Å²) in [7, 11) is 0. The molecule has 3 atom stereocenters. The summed E-state index contributed by atoms with van der Waals surface area (Å²) in [5.41, 5.74) is 1.35. The number of benzene rings is 1. The van der Waals surface area contributed by atoms with Gasteiger partial charge < -0.3 is 10.4 Å². The van der Waals surface area contributed by atoms with Crippen LogP contribution >= 0.6 is 15.9 Å². The van der Waals surface area contributed by atoms with Gasteiger partial charge in [0.15, 0.2) is 0 Å². The van der Waals surface area contributed by atoms with Crippen LogP contribution in [0.3, 0.4) is 0 Å². The van der Waals surface area contributed by atoms with E-state index in [1.165, 1.54) is 5.56 Å². The number of rotatable bonds is 4. The largest absolute Gasteiger partial charge is 0.392 e. The van der Waals surface area contributed by atoms with Crippen LogP contribution in [0.5, 0.6) is 0 Å². The molecular formula is C15H22BrNO. The van der Waals surface area contributed by atoms with Crippen molar-refractivity contribution >= 4 is 15.9 Å². The lowest BCUT2D eigenvalue weighted by Crippen LogP contribution is -2.61.